The molecule has 2 aromatic heterocycles. The number of rotatable bonds is 10. The van der Waals surface area contributed by atoms with Gasteiger partial charge in [0, 0.05) is 62.4 Å². The lowest BCUT2D eigenvalue weighted by Gasteiger charge is -2.35. The zero-order chi connectivity index (χ0) is 32.5. The average Bonchev–Trinajstić information content (AvgIpc) is 3.01. The second-order valence-electron chi connectivity index (χ2n) is 12.2. The van der Waals surface area contributed by atoms with Crippen molar-refractivity contribution in [3.05, 3.63) is 92.5 Å². The van der Waals surface area contributed by atoms with Crippen LogP contribution in [0.1, 0.15) is 45.5 Å². The topological polar surface area (TPSA) is 112 Å². The van der Waals surface area contributed by atoms with Gasteiger partial charge in [-0.25, -0.2) is 9.97 Å². The molecule has 4 heterocycles. The highest BCUT2D eigenvalue weighted by molar-refractivity contribution is 6.38. The molecule has 46 heavy (non-hydrogen) atoms. The number of hydrogen-bond acceptors (Lipinski definition) is 9. The van der Waals surface area contributed by atoms with Crippen molar-refractivity contribution < 1.29 is 19.7 Å². The summed E-state index contributed by atoms with van der Waals surface area (Å²) in [4.78, 5) is 31.9. The number of carbonyl (C=O) groups excluding carboxylic acids is 1. The van der Waals surface area contributed by atoms with Crippen LogP contribution >= 0.6 is 23.2 Å². The first-order valence-corrected chi connectivity index (χ1v) is 16.2. The minimum absolute atomic E-state index is 0.0881. The van der Waals surface area contributed by atoms with Gasteiger partial charge in [0.25, 0.3) is 0 Å². The minimum Gasteiger partial charge on any atom is -0.480 e. The Hall–Kier alpha value is -3.44. The van der Waals surface area contributed by atoms with Crippen molar-refractivity contribution in [2.24, 2.45) is 0 Å². The highest BCUT2D eigenvalue weighted by Crippen LogP contribution is 2.40. The van der Waals surface area contributed by atoms with E-state index in [1.54, 1.807) is 20.2 Å². The summed E-state index contributed by atoms with van der Waals surface area (Å²) in [5, 5.41) is 20.4. The Bertz CT molecular complexity index is 1780. The summed E-state index contributed by atoms with van der Waals surface area (Å²) in [6, 6.07) is 13.1. The molecular formula is C35H37Cl2N5O4. The number of aromatic nitrogens is 3. The molecule has 2 aromatic carbocycles. The van der Waals surface area contributed by atoms with Crippen LogP contribution in [0.25, 0.3) is 22.4 Å². The Labute approximate surface area is 278 Å². The van der Waals surface area contributed by atoms with Crippen LogP contribution in [0, 0.1) is 6.92 Å². The van der Waals surface area contributed by atoms with Gasteiger partial charge in [0.05, 0.1) is 46.9 Å². The average molecular weight is 663 g/mol. The Balaban J connectivity index is 1.25. The molecule has 1 unspecified atom stereocenters. The number of nitrogens with zero attached hydrogens (tertiary/aromatic N) is 5. The van der Waals surface area contributed by atoms with E-state index in [1.165, 1.54) is 5.56 Å². The maximum Gasteiger partial charge on any atom is 0.237 e. The zero-order valence-electron chi connectivity index (χ0n) is 26.1. The normalized spacial score (nSPS) is 16.2. The van der Waals surface area contributed by atoms with Crippen LogP contribution < -0.4 is 4.74 Å². The standard InChI is InChI=1S/C35H37Cl2N5O4/c1-20-12-28(39-30-18-41(15-21(2)43)11-10-24(20)30)32(45)13-22-6-4-7-25(33(22)36)26-8-5-9-27(34(26)37)29-14-38-31(35(40-29)46-3)19-42-16-23(44)17-42/h4-9,12,14,21,23,43-44H,10-11,13,15-19H2,1-3H3. The molecule has 0 aliphatic carbocycles. The van der Waals surface area contributed by atoms with E-state index in [9.17, 15) is 15.0 Å². The summed E-state index contributed by atoms with van der Waals surface area (Å²) >= 11 is 14.0. The molecule has 0 bridgehead atoms. The number of methoxy groups -OCH3 is 1. The van der Waals surface area contributed by atoms with Gasteiger partial charge in [-0.05, 0) is 43.0 Å². The first-order valence-electron chi connectivity index (χ1n) is 15.4. The van der Waals surface area contributed by atoms with E-state index in [4.69, 9.17) is 37.9 Å². The summed E-state index contributed by atoms with van der Waals surface area (Å²) in [6.07, 6.45) is 1.87. The van der Waals surface area contributed by atoms with Crippen LogP contribution in [-0.2, 0) is 25.9 Å². The molecule has 0 amide bonds. The molecule has 9 nitrogen and oxygen atoms in total. The summed E-state index contributed by atoms with van der Waals surface area (Å²) in [5.41, 5.74) is 7.55. The number of hydrogen-bond donors (Lipinski definition) is 2. The van der Waals surface area contributed by atoms with Crippen LogP contribution in [0.4, 0.5) is 0 Å². The van der Waals surface area contributed by atoms with Crippen LogP contribution in [0.15, 0.2) is 48.7 Å². The van der Waals surface area contributed by atoms with Crippen LogP contribution in [0.5, 0.6) is 5.88 Å². The summed E-state index contributed by atoms with van der Waals surface area (Å²) < 4.78 is 5.55. The molecular weight excluding hydrogens is 625 g/mol. The quantitative estimate of drug-likeness (QED) is 0.222. The van der Waals surface area contributed by atoms with E-state index >= 15 is 0 Å². The Morgan fingerprint density at radius 2 is 1.78 bits per heavy atom. The highest BCUT2D eigenvalue weighted by atomic mass is 35.5. The van der Waals surface area contributed by atoms with E-state index in [0.717, 1.165) is 24.2 Å². The van der Waals surface area contributed by atoms with Crippen LogP contribution in [0.2, 0.25) is 10.0 Å². The molecule has 0 saturated carbocycles. The zero-order valence-corrected chi connectivity index (χ0v) is 27.6. The number of aliphatic hydroxyl groups excluding tert-OH is 2. The van der Waals surface area contributed by atoms with Gasteiger partial charge in [-0.1, -0.05) is 59.6 Å². The predicted octanol–water partition coefficient (Wildman–Crippen LogP) is 5.17. The number of fused-ring (bicyclic) bond motifs is 1. The lowest BCUT2D eigenvalue weighted by atomic mass is 9.95. The first kappa shape index (κ1) is 32.5. The second-order valence-corrected chi connectivity index (χ2v) is 12.9. The predicted molar refractivity (Wildman–Crippen MR) is 178 cm³/mol. The fraction of sp³-hybridized carbons (Fsp3) is 0.371. The molecule has 240 valence electrons. The largest absolute Gasteiger partial charge is 0.480 e. The number of likely N-dealkylation sites (tertiary alicyclic amines) is 1. The van der Waals surface area contributed by atoms with E-state index in [2.05, 4.69) is 14.8 Å². The third kappa shape index (κ3) is 6.81. The number of β-amino-alcohol motifs (C(OH)–C–C–N with tert-alkyl or cyclic N) is 2. The molecule has 1 saturated heterocycles. The third-order valence-corrected chi connectivity index (χ3v) is 9.46. The van der Waals surface area contributed by atoms with E-state index in [1.807, 2.05) is 49.4 Å². The SMILES string of the molecule is COc1nc(-c2cccc(-c3cccc(CC(=O)c4cc(C)c5c(n4)CN(CC(C)O)CC5)c3Cl)c2Cl)cnc1CN1CC(O)C1. The number of aliphatic hydroxyl groups is 2. The minimum atomic E-state index is -0.427. The molecule has 2 N–H and O–H groups in total. The molecule has 0 spiro atoms. The lowest BCUT2D eigenvalue weighted by Crippen LogP contribution is -2.50. The molecule has 0 radical (unpaired) electrons. The fourth-order valence-electron chi connectivity index (χ4n) is 6.28. The van der Waals surface area contributed by atoms with Crippen molar-refractivity contribution in [1.29, 1.82) is 0 Å². The number of carbonyl (C=O) groups is 1. The number of aryl methyl sites for hydroxylation is 1. The van der Waals surface area contributed by atoms with Crippen molar-refractivity contribution in [3.63, 3.8) is 0 Å². The smallest absolute Gasteiger partial charge is 0.237 e. The van der Waals surface area contributed by atoms with Crippen molar-refractivity contribution in [2.75, 3.05) is 33.3 Å². The van der Waals surface area contributed by atoms with Gasteiger partial charge in [-0.15, -0.1) is 0 Å². The molecule has 1 fully saturated rings. The Kier molecular flexibility index (Phi) is 9.70. The van der Waals surface area contributed by atoms with Gasteiger partial charge < -0.3 is 14.9 Å². The second kappa shape index (κ2) is 13.7. The molecule has 2 aliphatic heterocycles. The Morgan fingerprint density at radius 3 is 2.50 bits per heavy atom. The number of Topliss-reactive ketones (excluding diaryl/α,β-unsaturated/α-hetero) is 1. The maximum absolute atomic E-state index is 13.6. The van der Waals surface area contributed by atoms with Gasteiger partial charge in [-0.2, -0.15) is 0 Å². The number of benzene rings is 2. The van der Waals surface area contributed by atoms with Crippen LogP contribution in [-0.4, -0.2) is 86.2 Å². The van der Waals surface area contributed by atoms with Gasteiger partial charge in [0.2, 0.25) is 5.88 Å². The maximum atomic E-state index is 13.6. The Morgan fingerprint density at radius 1 is 1.07 bits per heavy atom. The van der Waals surface area contributed by atoms with Crippen molar-refractivity contribution in [3.8, 4) is 28.3 Å². The van der Waals surface area contributed by atoms with Gasteiger partial charge in [-0.3, -0.25) is 19.6 Å². The summed E-state index contributed by atoms with van der Waals surface area (Å²) in [5.74, 6) is 0.285. The molecule has 6 rings (SSSR count). The van der Waals surface area contributed by atoms with Crippen molar-refractivity contribution in [2.45, 2.75) is 52.0 Å². The number of ether oxygens (including phenoxy) is 1. The van der Waals surface area contributed by atoms with Crippen LogP contribution in [0.3, 0.4) is 0 Å². The number of ketones is 1. The first-order chi connectivity index (χ1) is 22.1. The monoisotopic (exact) mass is 661 g/mol. The molecule has 1 atom stereocenters. The lowest BCUT2D eigenvalue weighted by molar-refractivity contribution is -0.00403. The van der Waals surface area contributed by atoms with Crippen molar-refractivity contribution in [1.82, 2.24) is 24.8 Å². The summed E-state index contributed by atoms with van der Waals surface area (Å²) in [6.45, 7) is 7.56. The molecule has 4 aromatic rings. The molecule has 2 aliphatic rings. The number of pyridine rings is 1. The third-order valence-electron chi connectivity index (χ3n) is 8.60. The molecule has 11 heteroatoms. The van der Waals surface area contributed by atoms with E-state index in [0.29, 0.717) is 88.0 Å². The van der Waals surface area contributed by atoms with Gasteiger partial charge in [0.15, 0.2) is 5.78 Å². The number of halogens is 2. The van der Waals surface area contributed by atoms with Gasteiger partial charge >= 0.3 is 0 Å². The van der Waals surface area contributed by atoms with Gasteiger partial charge in [0.1, 0.15) is 11.4 Å². The van der Waals surface area contributed by atoms with E-state index in [-0.39, 0.29) is 18.3 Å². The van der Waals surface area contributed by atoms with E-state index < -0.39 is 6.10 Å². The van der Waals surface area contributed by atoms with Crippen molar-refractivity contribution >= 4 is 29.0 Å². The highest BCUT2D eigenvalue weighted by Gasteiger charge is 2.27. The summed E-state index contributed by atoms with van der Waals surface area (Å²) in [7, 11) is 1.56. The fourth-order valence-corrected chi connectivity index (χ4v) is 6.90.